The summed E-state index contributed by atoms with van der Waals surface area (Å²) in [7, 11) is 1.55. The summed E-state index contributed by atoms with van der Waals surface area (Å²) in [6, 6.07) is 10.3. The van der Waals surface area contributed by atoms with Gasteiger partial charge in [0, 0.05) is 31.0 Å². The number of alkyl halides is 3. The molecule has 8 nitrogen and oxygen atoms in total. The van der Waals surface area contributed by atoms with Crippen LogP contribution in [0.15, 0.2) is 42.5 Å². The number of ether oxygens (including phenoxy) is 4. The standard InChI is InChI=1S/C24H25F3N2O6/c1-32-19-9-4-15(11-20(19)34-23-3-2-10-33-23)16-12-22(31)29(13-16)14-21(30)28-17-5-7-18(8-6-17)35-24(25,26)27/h4-9,11,16,23H,2-3,10,12-14H2,1H3,(H,28,30)/t16-,23?/m1/s1. The van der Waals surface area contributed by atoms with Crippen molar-refractivity contribution < 1.29 is 41.7 Å². The first kappa shape index (κ1) is 24.6. The third-order valence-corrected chi connectivity index (χ3v) is 5.73. The van der Waals surface area contributed by atoms with E-state index in [2.05, 4.69) is 10.1 Å². The lowest BCUT2D eigenvalue weighted by molar-refractivity contribution is -0.274. The molecule has 2 aromatic carbocycles. The molecule has 2 aliphatic rings. The fourth-order valence-electron chi connectivity index (χ4n) is 4.08. The van der Waals surface area contributed by atoms with Gasteiger partial charge in [-0.1, -0.05) is 6.07 Å². The predicted molar refractivity (Wildman–Crippen MR) is 118 cm³/mol. The number of carbonyl (C=O) groups excluding carboxylic acids is 2. The molecule has 11 heteroatoms. The highest BCUT2D eigenvalue weighted by molar-refractivity contribution is 5.95. The van der Waals surface area contributed by atoms with Gasteiger partial charge in [-0.3, -0.25) is 9.59 Å². The minimum atomic E-state index is -4.79. The smallest absolute Gasteiger partial charge is 0.493 e. The first-order valence-corrected chi connectivity index (χ1v) is 11.1. The van der Waals surface area contributed by atoms with Gasteiger partial charge in [0.05, 0.1) is 20.3 Å². The number of amides is 2. The molecular formula is C24H25F3N2O6. The van der Waals surface area contributed by atoms with Gasteiger partial charge in [-0.25, -0.2) is 0 Å². The van der Waals surface area contributed by atoms with Crippen molar-refractivity contribution in [2.24, 2.45) is 0 Å². The monoisotopic (exact) mass is 494 g/mol. The Balaban J connectivity index is 1.35. The number of methoxy groups -OCH3 is 1. The molecule has 0 spiro atoms. The average molecular weight is 494 g/mol. The van der Waals surface area contributed by atoms with Crippen molar-refractivity contribution in [2.45, 2.75) is 37.8 Å². The van der Waals surface area contributed by atoms with Crippen LogP contribution in [0.1, 0.15) is 30.7 Å². The van der Waals surface area contributed by atoms with Crippen molar-refractivity contribution in [3.8, 4) is 17.2 Å². The van der Waals surface area contributed by atoms with E-state index in [0.29, 0.717) is 30.3 Å². The highest BCUT2D eigenvalue weighted by atomic mass is 19.4. The highest BCUT2D eigenvalue weighted by Gasteiger charge is 2.33. The molecule has 188 valence electrons. The van der Waals surface area contributed by atoms with Gasteiger partial charge in [-0.2, -0.15) is 0 Å². The molecule has 2 saturated heterocycles. The Bertz CT molecular complexity index is 1050. The summed E-state index contributed by atoms with van der Waals surface area (Å²) in [6.07, 6.45) is -3.18. The Kier molecular flexibility index (Phi) is 7.34. The number of halogens is 3. The summed E-state index contributed by atoms with van der Waals surface area (Å²) >= 11 is 0. The number of benzene rings is 2. The Morgan fingerprint density at radius 1 is 1.17 bits per heavy atom. The lowest BCUT2D eigenvalue weighted by atomic mass is 9.98. The fraction of sp³-hybridized carbons (Fsp3) is 0.417. The summed E-state index contributed by atoms with van der Waals surface area (Å²) in [5.41, 5.74) is 1.18. The first-order valence-electron chi connectivity index (χ1n) is 11.1. The van der Waals surface area contributed by atoms with Crippen LogP contribution in [0, 0.1) is 0 Å². The molecule has 4 rings (SSSR count). The molecule has 35 heavy (non-hydrogen) atoms. The molecule has 0 radical (unpaired) electrons. The van der Waals surface area contributed by atoms with Gasteiger partial charge in [0.15, 0.2) is 17.8 Å². The molecule has 1 unspecified atom stereocenters. The fourth-order valence-corrected chi connectivity index (χ4v) is 4.08. The first-order chi connectivity index (χ1) is 16.7. The van der Waals surface area contributed by atoms with Gasteiger partial charge in [-0.05, 0) is 48.4 Å². The van der Waals surface area contributed by atoms with Crippen molar-refractivity contribution in [1.82, 2.24) is 4.90 Å². The zero-order valence-electron chi connectivity index (χ0n) is 19.0. The Labute approximate surface area is 199 Å². The third kappa shape index (κ3) is 6.56. The number of nitrogens with zero attached hydrogens (tertiary/aromatic N) is 1. The van der Waals surface area contributed by atoms with Crippen LogP contribution in [0.4, 0.5) is 18.9 Å². The van der Waals surface area contributed by atoms with Crippen LogP contribution in [0.3, 0.4) is 0 Å². The van der Waals surface area contributed by atoms with E-state index in [-0.39, 0.29) is 31.1 Å². The predicted octanol–water partition coefficient (Wildman–Crippen LogP) is 4.06. The molecule has 2 heterocycles. The van der Waals surface area contributed by atoms with E-state index in [1.54, 1.807) is 13.2 Å². The molecule has 2 amide bonds. The molecule has 2 fully saturated rings. The topological polar surface area (TPSA) is 86.3 Å². The van der Waals surface area contributed by atoms with Crippen LogP contribution in [-0.4, -0.2) is 56.2 Å². The summed E-state index contributed by atoms with van der Waals surface area (Å²) in [5, 5.41) is 2.58. The van der Waals surface area contributed by atoms with Crippen LogP contribution >= 0.6 is 0 Å². The van der Waals surface area contributed by atoms with E-state index in [9.17, 15) is 22.8 Å². The van der Waals surface area contributed by atoms with Crippen LogP contribution in [0.2, 0.25) is 0 Å². The Morgan fingerprint density at radius 3 is 2.60 bits per heavy atom. The van der Waals surface area contributed by atoms with Crippen LogP contribution in [0.25, 0.3) is 0 Å². The molecule has 2 aliphatic heterocycles. The van der Waals surface area contributed by atoms with Gasteiger partial charge in [-0.15, -0.1) is 13.2 Å². The van der Waals surface area contributed by atoms with Crippen LogP contribution in [-0.2, 0) is 14.3 Å². The van der Waals surface area contributed by atoms with Crippen molar-refractivity contribution in [3.63, 3.8) is 0 Å². The van der Waals surface area contributed by atoms with Crippen LogP contribution in [0.5, 0.6) is 17.2 Å². The molecule has 0 aliphatic carbocycles. The maximum Gasteiger partial charge on any atom is 0.573 e. The number of hydrogen-bond acceptors (Lipinski definition) is 6. The second-order valence-electron chi connectivity index (χ2n) is 8.27. The maximum atomic E-state index is 12.6. The summed E-state index contributed by atoms with van der Waals surface area (Å²) < 4.78 is 57.5. The van der Waals surface area contributed by atoms with E-state index in [4.69, 9.17) is 14.2 Å². The van der Waals surface area contributed by atoms with Crippen molar-refractivity contribution >= 4 is 17.5 Å². The normalized spacial score (nSPS) is 20.1. The zero-order chi connectivity index (χ0) is 25.0. The molecule has 0 saturated carbocycles. The lowest BCUT2D eigenvalue weighted by Gasteiger charge is -2.19. The second-order valence-corrected chi connectivity index (χ2v) is 8.27. The minimum absolute atomic E-state index is 0.133. The maximum absolute atomic E-state index is 12.6. The average Bonchev–Trinajstić information content (AvgIpc) is 3.44. The SMILES string of the molecule is COc1ccc([C@@H]2CC(=O)N(CC(=O)Nc3ccc(OC(F)(F)F)cc3)C2)cc1OC1CCCO1. The third-order valence-electron chi connectivity index (χ3n) is 5.73. The number of hydrogen-bond donors (Lipinski definition) is 1. The lowest BCUT2D eigenvalue weighted by Crippen LogP contribution is -2.34. The van der Waals surface area contributed by atoms with E-state index in [1.807, 2.05) is 12.1 Å². The highest BCUT2D eigenvalue weighted by Crippen LogP contribution is 2.36. The number of likely N-dealkylation sites (tertiary alicyclic amines) is 1. The molecule has 2 aromatic rings. The largest absolute Gasteiger partial charge is 0.573 e. The summed E-state index contributed by atoms with van der Waals surface area (Å²) in [6.45, 7) is 0.814. The van der Waals surface area contributed by atoms with E-state index in [0.717, 1.165) is 30.5 Å². The zero-order valence-corrected chi connectivity index (χ0v) is 19.0. The second kappa shape index (κ2) is 10.4. The van der Waals surface area contributed by atoms with Gasteiger partial charge < -0.3 is 29.2 Å². The van der Waals surface area contributed by atoms with Crippen molar-refractivity contribution in [3.05, 3.63) is 48.0 Å². The molecule has 2 atom stereocenters. The Hall–Kier alpha value is -3.47. The summed E-state index contributed by atoms with van der Waals surface area (Å²) in [5.74, 6) is -0.0469. The molecule has 1 N–H and O–H groups in total. The van der Waals surface area contributed by atoms with Gasteiger partial charge in [0.2, 0.25) is 11.8 Å². The molecule has 0 bridgehead atoms. The number of rotatable bonds is 8. The number of anilines is 1. The quantitative estimate of drug-likeness (QED) is 0.596. The van der Waals surface area contributed by atoms with Gasteiger partial charge in [0.25, 0.3) is 0 Å². The molecule has 0 aromatic heterocycles. The van der Waals surface area contributed by atoms with E-state index in [1.165, 1.54) is 17.0 Å². The molecular weight excluding hydrogens is 469 g/mol. The van der Waals surface area contributed by atoms with Gasteiger partial charge >= 0.3 is 6.36 Å². The van der Waals surface area contributed by atoms with Crippen molar-refractivity contribution in [1.29, 1.82) is 0 Å². The number of carbonyl (C=O) groups is 2. The van der Waals surface area contributed by atoms with E-state index < -0.39 is 18.0 Å². The van der Waals surface area contributed by atoms with Crippen molar-refractivity contribution in [2.75, 3.05) is 32.1 Å². The van der Waals surface area contributed by atoms with Crippen LogP contribution < -0.4 is 19.5 Å². The summed E-state index contributed by atoms with van der Waals surface area (Å²) in [4.78, 5) is 26.4. The Morgan fingerprint density at radius 2 is 1.94 bits per heavy atom. The number of nitrogens with one attached hydrogen (secondary N) is 1. The van der Waals surface area contributed by atoms with E-state index >= 15 is 0 Å². The minimum Gasteiger partial charge on any atom is -0.493 e. The van der Waals surface area contributed by atoms with Gasteiger partial charge in [0.1, 0.15) is 5.75 Å².